The predicted molar refractivity (Wildman–Crippen MR) is 104 cm³/mol. The van der Waals surface area contributed by atoms with E-state index in [0.29, 0.717) is 28.9 Å². The van der Waals surface area contributed by atoms with E-state index in [9.17, 15) is 9.90 Å². The molecule has 1 aromatic carbocycles. The quantitative estimate of drug-likeness (QED) is 0.567. The van der Waals surface area contributed by atoms with Gasteiger partial charge in [0.1, 0.15) is 11.1 Å². The lowest BCUT2D eigenvalue weighted by Crippen LogP contribution is -2.27. The number of phenolic OH excluding ortho intramolecular Hbond substituents is 1. The molecule has 0 saturated carbocycles. The summed E-state index contributed by atoms with van der Waals surface area (Å²) in [7, 11) is 0. The summed E-state index contributed by atoms with van der Waals surface area (Å²) in [5.74, 6) is 0.283. The molecular weight excluding hydrogens is 342 g/mol. The Hall–Kier alpha value is -2.96. The largest absolute Gasteiger partial charge is 0.507 e. The molecule has 0 aliphatic carbocycles. The molecule has 0 saturated heterocycles. The molecule has 7 nitrogen and oxygen atoms in total. The molecule has 2 N–H and O–H groups in total. The number of nitrogens with one attached hydrogen (secondary N) is 1. The van der Waals surface area contributed by atoms with Crippen LogP contribution in [0.2, 0.25) is 0 Å². The Morgan fingerprint density at radius 1 is 1.15 bits per heavy atom. The van der Waals surface area contributed by atoms with Gasteiger partial charge in [-0.3, -0.25) is 4.79 Å². The van der Waals surface area contributed by atoms with Crippen LogP contribution in [-0.2, 0) is 0 Å². The lowest BCUT2D eigenvalue weighted by molar-refractivity contribution is 0.0940. The number of nitrogens with zero attached hydrogens (tertiary/aromatic N) is 4. The van der Waals surface area contributed by atoms with Crippen molar-refractivity contribution in [2.45, 2.75) is 45.4 Å². The van der Waals surface area contributed by atoms with Crippen molar-refractivity contribution < 1.29 is 9.90 Å². The normalized spacial score (nSPS) is 11.1. The average molecular weight is 367 g/mol. The van der Waals surface area contributed by atoms with Gasteiger partial charge in [0.05, 0.1) is 5.56 Å². The van der Waals surface area contributed by atoms with Gasteiger partial charge >= 0.3 is 0 Å². The first-order valence-corrected chi connectivity index (χ1v) is 9.43. The van der Waals surface area contributed by atoms with Gasteiger partial charge in [0.15, 0.2) is 11.5 Å². The molecule has 142 valence electrons. The third-order valence-corrected chi connectivity index (χ3v) is 4.47. The number of para-hydroxylation sites is 1. The Morgan fingerprint density at radius 2 is 1.89 bits per heavy atom. The molecule has 0 aliphatic rings. The number of fused-ring (bicyclic) bond motifs is 1. The molecule has 7 heteroatoms. The molecular formula is C20H25N5O2. The summed E-state index contributed by atoms with van der Waals surface area (Å²) in [6.07, 6.45) is 6.97. The molecule has 3 rings (SSSR count). The second-order valence-electron chi connectivity index (χ2n) is 6.59. The van der Waals surface area contributed by atoms with Crippen LogP contribution < -0.4 is 10.7 Å². The van der Waals surface area contributed by atoms with Crippen molar-refractivity contribution >= 4 is 18.1 Å². The zero-order valence-corrected chi connectivity index (χ0v) is 15.6. The van der Waals surface area contributed by atoms with Crippen molar-refractivity contribution in [2.75, 3.05) is 6.54 Å². The number of phenols is 1. The molecule has 2 aromatic heterocycles. The lowest BCUT2D eigenvalue weighted by Gasteiger charge is -2.03. The minimum Gasteiger partial charge on any atom is -0.507 e. The van der Waals surface area contributed by atoms with E-state index in [1.807, 2.05) is 0 Å². The first-order valence-electron chi connectivity index (χ1n) is 9.43. The van der Waals surface area contributed by atoms with E-state index >= 15 is 0 Å². The van der Waals surface area contributed by atoms with E-state index in [0.717, 1.165) is 12.8 Å². The van der Waals surface area contributed by atoms with Gasteiger partial charge in [-0.2, -0.15) is 4.52 Å². The first-order chi connectivity index (χ1) is 13.1. The summed E-state index contributed by atoms with van der Waals surface area (Å²) in [5, 5.41) is 17.6. The van der Waals surface area contributed by atoms with Crippen LogP contribution in [0.4, 0.5) is 0 Å². The molecule has 0 aliphatic heterocycles. The standard InChI is InChI=1S/C20H25N5O2/c1-3-4-5-6-7-10-13-21-20(27)19-22-14(2)18-23-17(24-25(18)19)15-11-8-9-12-16(15)26/h8-9,11-12,26H,2-7,10,13H2,1H3,(H,21,27). The Morgan fingerprint density at radius 3 is 2.67 bits per heavy atom. The van der Waals surface area contributed by atoms with E-state index < -0.39 is 0 Å². The zero-order chi connectivity index (χ0) is 19.2. The van der Waals surface area contributed by atoms with Crippen LogP contribution in [0.25, 0.3) is 23.6 Å². The number of aromatic nitrogens is 4. The van der Waals surface area contributed by atoms with Gasteiger partial charge in [0.2, 0.25) is 5.82 Å². The number of unbranched alkanes of at least 4 members (excludes halogenated alkanes) is 5. The minimum absolute atomic E-state index is 0.0819. The van der Waals surface area contributed by atoms with Gasteiger partial charge < -0.3 is 10.4 Å². The third kappa shape index (κ3) is 4.24. The molecule has 27 heavy (non-hydrogen) atoms. The monoisotopic (exact) mass is 367 g/mol. The fourth-order valence-corrected chi connectivity index (χ4v) is 2.98. The highest BCUT2D eigenvalue weighted by Gasteiger charge is 2.19. The number of imidazole rings is 1. The number of carbonyl (C=O) groups is 1. The zero-order valence-electron chi connectivity index (χ0n) is 15.6. The van der Waals surface area contributed by atoms with E-state index in [1.54, 1.807) is 24.3 Å². The molecule has 0 bridgehead atoms. The maximum absolute atomic E-state index is 12.5. The molecule has 3 aromatic rings. The smallest absolute Gasteiger partial charge is 0.289 e. The summed E-state index contributed by atoms with van der Waals surface area (Å²) in [4.78, 5) is 21.1. The summed E-state index contributed by atoms with van der Waals surface area (Å²) in [6, 6.07) is 6.81. The number of carbonyl (C=O) groups excluding carboxylic acids is 1. The van der Waals surface area contributed by atoms with Gasteiger partial charge in [-0.05, 0) is 18.6 Å². The van der Waals surface area contributed by atoms with E-state index in [1.165, 1.54) is 30.2 Å². The number of hydrogen-bond acceptors (Lipinski definition) is 5. The van der Waals surface area contributed by atoms with Crippen LogP contribution in [0, 0.1) is 0 Å². The molecule has 1 amide bonds. The van der Waals surface area contributed by atoms with E-state index in [2.05, 4.69) is 33.9 Å². The number of amides is 1. The van der Waals surface area contributed by atoms with E-state index in [4.69, 9.17) is 0 Å². The minimum atomic E-state index is -0.294. The Bertz CT molecular complexity index is 966. The Balaban J connectivity index is 1.69. The summed E-state index contributed by atoms with van der Waals surface area (Å²) >= 11 is 0. The van der Waals surface area contributed by atoms with E-state index in [-0.39, 0.29) is 17.5 Å². The number of benzene rings is 1. The molecule has 0 radical (unpaired) electrons. The molecule has 2 heterocycles. The Labute approximate surface area is 158 Å². The summed E-state index contributed by atoms with van der Waals surface area (Å²) in [6.45, 7) is 6.64. The molecule has 0 unspecified atom stereocenters. The maximum atomic E-state index is 12.5. The SMILES string of the molecule is C=c1nc(C(=O)NCCCCCCCC)n2nc(-c3ccccc3O)nc12. The van der Waals surface area contributed by atoms with Gasteiger partial charge in [-0.15, -0.1) is 5.10 Å². The highest BCUT2D eigenvalue weighted by Crippen LogP contribution is 2.25. The Kier molecular flexibility index (Phi) is 6.01. The van der Waals surface area contributed by atoms with Crippen molar-refractivity contribution in [3.8, 4) is 17.1 Å². The van der Waals surface area contributed by atoms with Gasteiger partial charge in [-0.25, -0.2) is 9.97 Å². The number of aromatic hydroxyl groups is 1. The number of rotatable bonds is 9. The van der Waals surface area contributed by atoms with Crippen LogP contribution in [0.15, 0.2) is 24.3 Å². The molecule has 0 atom stereocenters. The second kappa shape index (κ2) is 8.62. The van der Waals surface area contributed by atoms with Crippen molar-refractivity contribution in [3.05, 3.63) is 35.4 Å². The van der Waals surface area contributed by atoms with Crippen LogP contribution in [0.5, 0.6) is 5.75 Å². The summed E-state index contributed by atoms with van der Waals surface area (Å²) < 4.78 is 1.39. The topological polar surface area (TPSA) is 92.4 Å². The maximum Gasteiger partial charge on any atom is 0.289 e. The molecule has 0 fully saturated rings. The van der Waals surface area contributed by atoms with Crippen LogP contribution in [0.3, 0.4) is 0 Å². The van der Waals surface area contributed by atoms with Gasteiger partial charge in [-0.1, -0.05) is 57.7 Å². The summed E-state index contributed by atoms with van der Waals surface area (Å²) in [5.41, 5.74) is 0.914. The first kappa shape index (κ1) is 18.8. The highest BCUT2D eigenvalue weighted by atomic mass is 16.3. The lowest BCUT2D eigenvalue weighted by atomic mass is 10.1. The fraction of sp³-hybridized carbons (Fsp3) is 0.400. The van der Waals surface area contributed by atoms with Gasteiger partial charge in [0, 0.05) is 6.54 Å². The molecule has 0 spiro atoms. The highest BCUT2D eigenvalue weighted by molar-refractivity contribution is 5.91. The van der Waals surface area contributed by atoms with Crippen molar-refractivity contribution in [1.29, 1.82) is 0 Å². The second-order valence-corrected chi connectivity index (χ2v) is 6.59. The third-order valence-electron chi connectivity index (χ3n) is 4.47. The predicted octanol–water partition coefficient (Wildman–Crippen LogP) is 2.72. The van der Waals surface area contributed by atoms with Crippen LogP contribution in [0.1, 0.15) is 56.1 Å². The fourth-order valence-electron chi connectivity index (χ4n) is 2.98. The van der Waals surface area contributed by atoms with Crippen molar-refractivity contribution in [3.63, 3.8) is 0 Å². The van der Waals surface area contributed by atoms with Crippen molar-refractivity contribution in [1.82, 2.24) is 24.9 Å². The number of hydrogen-bond donors (Lipinski definition) is 2. The average Bonchev–Trinajstić information content (AvgIpc) is 3.22. The van der Waals surface area contributed by atoms with Crippen molar-refractivity contribution in [2.24, 2.45) is 0 Å². The van der Waals surface area contributed by atoms with Crippen LogP contribution in [-0.4, -0.2) is 37.1 Å². The van der Waals surface area contributed by atoms with Gasteiger partial charge in [0.25, 0.3) is 5.91 Å². The van der Waals surface area contributed by atoms with Crippen LogP contribution >= 0.6 is 0 Å².